The van der Waals surface area contributed by atoms with Crippen LogP contribution in [-0.4, -0.2) is 111 Å². The van der Waals surface area contributed by atoms with Crippen molar-refractivity contribution in [1.29, 1.82) is 0 Å². The fourth-order valence-corrected chi connectivity index (χ4v) is 10.0. The van der Waals surface area contributed by atoms with Crippen LogP contribution in [0.1, 0.15) is 49.0 Å². The second kappa shape index (κ2) is 17.6. The van der Waals surface area contributed by atoms with Crippen molar-refractivity contribution in [3.63, 3.8) is 0 Å². The number of pyridine rings is 1. The number of sulfonamides is 1. The number of carbonyl (C=O) groups excluding carboxylic acids is 1. The van der Waals surface area contributed by atoms with E-state index in [0.29, 0.717) is 29.9 Å². The molecule has 0 saturated carbocycles. The normalized spacial score (nSPS) is 18.8. The molecule has 2 aromatic heterocycles. The number of piperazine rings is 1. The number of anilines is 2. The van der Waals surface area contributed by atoms with E-state index < -0.39 is 31.4 Å². The number of rotatable bonds is 14. The Kier molecular flexibility index (Phi) is 11.9. The maximum atomic E-state index is 13.9. The van der Waals surface area contributed by atoms with E-state index in [1.165, 1.54) is 35.0 Å². The maximum Gasteiger partial charge on any atom is 0.293 e. The van der Waals surface area contributed by atoms with Crippen LogP contribution in [0, 0.1) is 21.4 Å². The van der Waals surface area contributed by atoms with E-state index in [1.807, 2.05) is 18.2 Å². The fourth-order valence-electron chi connectivity index (χ4n) is 8.92. The SMILES string of the molecule is CC1(C)CCC(CN2CCN(c3ccc(C(=O)NS(=O)(=O)c4ccc(NCC5CN(C6COC6)C5)c([N+](=O)[O-])c4)c(Oc4cnc5[nH]ccc5c4)c3)CC2)=C(c2ccc(Cl)cc2)C1. The predicted molar refractivity (Wildman–Crippen MR) is 243 cm³/mol. The Bertz CT molecular complexity index is 2670. The van der Waals surface area contributed by atoms with Crippen molar-refractivity contribution in [1.82, 2.24) is 24.5 Å². The van der Waals surface area contributed by atoms with Crippen LogP contribution in [0.15, 0.2) is 95.7 Å². The molecular formula is C46H51ClN8O7S. The van der Waals surface area contributed by atoms with E-state index in [9.17, 15) is 23.3 Å². The van der Waals surface area contributed by atoms with Gasteiger partial charge in [0.15, 0.2) is 0 Å². The van der Waals surface area contributed by atoms with E-state index in [2.05, 4.69) is 60.7 Å². The first-order valence-corrected chi connectivity index (χ1v) is 23.2. The van der Waals surface area contributed by atoms with Gasteiger partial charge in [0, 0.05) is 92.7 Å². The number of nitro benzene ring substituents is 1. The number of fused-ring (bicyclic) bond motifs is 1. The Balaban J connectivity index is 0.909. The molecule has 1 aliphatic carbocycles. The average molecular weight is 895 g/mol. The summed E-state index contributed by atoms with van der Waals surface area (Å²) in [7, 11) is -4.56. The molecule has 63 heavy (non-hydrogen) atoms. The van der Waals surface area contributed by atoms with Gasteiger partial charge >= 0.3 is 0 Å². The number of allylic oxidation sites excluding steroid dienone is 1. The van der Waals surface area contributed by atoms with E-state index in [1.54, 1.807) is 30.5 Å². The molecule has 17 heteroatoms. The molecule has 1 amide bonds. The first-order valence-electron chi connectivity index (χ1n) is 21.4. The molecular weight excluding hydrogens is 844 g/mol. The van der Waals surface area contributed by atoms with Gasteiger partial charge < -0.3 is 24.7 Å². The summed E-state index contributed by atoms with van der Waals surface area (Å²) < 4.78 is 41.1. The Morgan fingerprint density at radius 2 is 1.81 bits per heavy atom. The van der Waals surface area contributed by atoms with Crippen LogP contribution in [0.4, 0.5) is 17.1 Å². The number of H-pyrrole nitrogens is 1. The topological polar surface area (TPSA) is 175 Å². The molecule has 0 unspecified atom stereocenters. The number of hydrogen-bond acceptors (Lipinski definition) is 12. The Morgan fingerprint density at radius 1 is 1.03 bits per heavy atom. The standard InChI is InChI=1S/C46H51ClN8O7S/c1-46(2)13-11-33(40(22-46)31-3-5-34(47)6-4-31)27-52-15-17-53(18-16-52)35-7-9-39(43(20-35)62-37-19-32-12-14-48-44(32)50-24-37)45(56)51-63(59,60)38-8-10-41(42(21-38)55(57)58)49-23-30-25-54(26-30)36-28-61-29-36/h3-10,12,14,19-21,24,30,36,49H,11,13,15-18,22-23,25-29H2,1-2H3,(H,48,50)(H,51,56). The highest BCUT2D eigenvalue weighted by molar-refractivity contribution is 7.90. The van der Waals surface area contributed by atoms with Crippen molar-refractivity contribution in [2.24, 2.45) is 11.3 Å². The highest BCUT2D eigenvalue weighted by Gasteiger charge is 2.36. The van der Waals surface area contributed by atoms with Crippen LogP contribution in [0.5, 0.6) is 11.5 Å². The molecule has 3 saturated heterocycles. The molecule has 3 aliphatic heterocycles. The lowest BCUT2D eigenvalue weighted by atomic mass is 9.72. The Labute approximate surface area is 371 Å². The van der Waals surface area contributed by atoms with Crippen molar-refractivity contribution in [3.8, 4) is 11.5 Å². The molecule has 9 rings (SSSR count). The quantitative estimate of drug-likeness (QED) is 0.0738. The van der Waals surface area contributed by atoms with E-state index in [0.717, 1.165) is 100 Å². The van der Waals surface area contributed by atoms with Crippen LogP contribution < -0.4 is 19.7 Å². The minimum absolute atomic E-state index is 0.0344. The van der Waals surface area contributed by atoms with Crippen LogP contribution in [-0.2, 0) is 14.8 Å². The fraction of sp³-hybridized carbons (Fsp3) is 0.391. The minimum atomic E-state index is -4.56. The zero-order valence-electron chi connectivity index (χ0n) is 35.3. The van der Waals surface area contributed by atoms with Crippen molar-refractivity contribution >= 4 is 61.2 Å². The highest BCUT2D eigenvalue weighted by atomic mass is 35.5. The third-order valence-corrected chi connectivity index (χ3v) is 14.3. The van der Waals surface area contributed by atoms with Crippen molar-refractivity contribution in [2.45, 2.75) is 44.0 Å². The van der Waals surface area contributed by atoms with E-state index >= 15 is 0 Å². The number of hydrogen-bond donors (Lipinski definition) is 3. The van der Waals surface area contributed by atoms with Gasteiger partial charge in [-0.3, -0.25) is 24.7 Å². The van der Waals surface area contributed by atoms with E-state index in [4.69, 9.17) is 21.1 Å². The largest absolute Gasteiger partial charge is 0.455 e. The second-order valence-electron chi connectivity index (χ2n) is 17.8. The number of nitrogens with zero attached hydrogens (tertiary/aromatic N) is 5. The number of carbonyl (C=O) groups is 1. The molecule has 0 radical (unpaired) electrons. The maximum absolute atomic E-state index is 13.9. The van der Waals surface area contributed by atoms with E-state index in [-0.39, 0.29) is 22.4 Å². The van der Waals surface area contributed by atoms with Gasteiger partial charge in [-0.15, -0.1) is 0 Å². The van der Waals surface area contributed by atoms with Crippen LogP contribution in [0.2, 0.25) is 5.02 Å². The molecule has 4 aliphatic rings. The summed E-state index contributed by atoms with van der Waals surface area (Å²) in [5, 5.41) is 16.8. The van der Waals surface area contributed by atoms with Crippen LogP contribution in [0.3, 0.4) is 0 Å². The summed E-state index contributed by atoms with van der Waals surface area (Å²) in [5.41, 5.74) is 5.57. The molecule has 3 N–H and O–H groups in total. The van der Waals surface area contributed by atoms with Crippen molar-refractivity contribution in [3.05, 3.63) is 117 Å². The number of nitro groups is 1. The second-order valence-corrected chi connectivity index (χ2v) is 19.9. The number of nitrogens with one attached hydrogen (secondary N) is 3. The minimum Gasteiger partial charge on any atom is -0.455 e. The first-order chi connectivity index (χ1) is 30.3. The number of amides is 1. The van der Waals surface area contributed by atoms with Gasteiger partial charge in [-0.1, -0.05) is 43.2 Å². The monoisotopic (exact) mass is 894 g/mol. The number of ether oxygens (including phenoxy) is 2. The number of likely N-dealkylation sites (tertiary alicyclic amines) is 1. The van der Waals surface area contributed by atoms with Crippen LogP contribution in [0.25, 0.3) is 16.6 Å². The van der Waals surface area contributed by atoms with Gasteiger partial charge in [-0.25, -0.2) is 18.1 Å². The summed E-state index contributed by atoms with van der Waals surface area (Å²) in [4.78, 5) is 39.5. The summed E-state index contributed by atoms with van der Waals surface area (Å²) in [5.74, 6) is -0.166. The smallest absolute Gasteiger partial charge is 0.293 e. The van der Waals surface area contributed by atoms with Gasteiger partial charge in [0.2, 0.25) is 0 Å². The van der Waals surface area contributed by atoms with Gasteiger partial charge in [-0.2, -0.15) is 0 Å². The zero-order chi connectivity index (χ0) is 43.9. The van der Waals surface area contributed by atoms with Gasteiger partial charge in [-0.05, 0) is 84.3 Å². The first kappa shape index (κ1) is 42.8. The molecule has 0 bridgehead atoms. The number of aromatic amines is 1. The molecule has 0 atom stereocenters. The number of benzene rings is 3. The van der Waals surface area contributed by atoms with Crippen LogP contribution >= 0.6 is 11.6 Å². The molecule has 0 spiro atoms. The molecule has 15 nitrogen and oxygen atoms in total. The Morgan fingerprint density at radius 3 is 2.54 bits per heavy atom. The lowest BCUT2D eigenvalue weighted by Crippen LogP contribution is -2.60. The molecule has 3 aromatic carbocycles. The number of aromatic nitrogens is 2. The third kappa shape index (κ3) is 9.55. The Hall–Kier alpha value is -5.52. The van der Waals surface area contributed by atoms with Crippen molar-refractivity contribution < 1.29 is 27.6 Å². The average Bonchev–Trinajstić information content (AvgIpc) is 3.70. The van der Waals surface area contributed by atoms with Crippen molar-refractivity contribution in [2.75, 3.05) is 75.8 Å². The summed E-state index contributed by atoms with van der Waals surface area (Å²) in [6, 6.07) is 20.9. The molecule has 3 fully saturated rings. The molecule has 5 heterocycles. The summed E-state index contributed by atoms with van der Waals surface area (Å²) in [6.45, 7) is 12.3. The summed E-state index contributed by atoms with van der Waals surface area (Å²) >= 11 is 6.24. The zero-order valence-corrected chi connectivity index (χ0v) is 36.9. The van der Waals surface area contributed by atoms with Gasteiger partial charge in [0.25, 0.3) is 21.6 Å². The lowest BCUT2D eigenvalue weighted by Gasteiger charge is -2.47. The van der Waals surface area contributed by atoms with Gasteiger partial charge in [0.05, 0.1) is 40.8 Å². The molecule has 5 aromatic rings. The highest BCUT2D eigenvalue weighted by Crippen LogP contribution is 2.43. The molecule has 330 valence electrons. The third-order valence-electron chi connectivity index (χ3n) is 12.7. The lowest BCUT2D eigenvalue weighted by molar-refractivity contribution is -0.384. The summed E-state index contributed by atoms with van der Waals surface area (Å²) in [6.07, 6.45) is 6.49. The van der Waals surface area contributed by atoms with Gasteiger partial charge in [0.1, 0.15) is 22.8 Å². The predicted octanol–water partition coefficient (Wildman–Crippen LogP) is 7.56. The number of halogens is 1.